The normalized spacial score (nSPS) is 11.9. The zero-order valence-corrected chi connectivity index (χ0v) is 13.1. The number of ether oxygens (including phenoxy) is 1. The molecule has 0 fully saturated rings. The molecule has 1 N–H and O–H groups in total. The molecule has 0 atom stereocenters. The van der Waals surface area contributed by atoms with Gasteiger partial charge in [0.25, 0.3) is 0 Å². The summed E-state index contributed by atoms with van der Waals surface area (Å²) in [5.74, 6) is -16.5. The van der Waals surface area contributed by atoms with E-state index in [1.54, 1.807) is 0 Å². The highest BCUT2D eigenvalue weighted by Gasteiger charge is 2.38. The van der Waals surface area contributed by atoms with Crippen molar-refractivity contribution in [2.75, 3.05) is 0 Å². The number of fused-ring (bicyclic) bond motifs is 1. The second-order valence-corrected chi connectivity index (χ2v) is 5.43. The standard InChI is InChI=1S/C17H5F9O2/c18-10-7(5-1-3-6(27)4-2-5)11(19)12(20)9-8(10)13(21)15(23)16(14(9)22)28-17(24,25)26/h1-4,27H. The summed E-state index contributed by atoms with van der Waals surface area (Å²) in [5, 5.41) is 5.55. The van der Waals surface area contributed by atoms with Gasteiger partial charge in [0, 0.05) is 0 Å². The Labute approximate surface area is 149 Å². The van der Waals surface area contributed by atoms with Crippen LogP contribution in [0.15, 0.2) is 24.3 Å². The van der Waals surface area contributed by atoms with Gasteiger partial charge < -0.3 is 9.84 Å². The van der Waals surface area contributed by atoms with Gasteiger partial charge in [0.05, 0.1) is 16.3 Å². The number of hydrogen-bond acceptors (Lipinski definition) is 2. The third kappa shape index (κ3) is 3.06. The van der Waals surface area contributed by atoms with Crippen LogP contribution in [0.5, 0.6) is 11.5 Å². The Morgan fingerprint density at radius 1 is 0.643 bits per heavy atom. The highest BCUT2D eigenvalue weighted by Crippen LogP contribution is 2.42. The van der Waals surface area contributed by atoms with Crippen LogP contribution in [-0.2, 0) is 0 Å². The topological polar surface area (TPSA) is 29.5 Å². The molecule has 3 aromatic carbocycles. The van der Waals surface area contributed by atoms with Gasteiger partial charge in [-0.25, -0.2) is 22.0 Å². The predicted molar refractivity (Wildman–Crippen MR) is 77.5 cm³/mol. The minimum atomic E-state index is -5.69. The van der Waals surface area contributed by atoms with Crippen molar-refractivity contribution in [3.05, 3.63) is 59.2 Å². The molecule has 3 rings (SSSR count). The quantitative estimate of drug-likeness (QED) is 0.417. The Morgan fingerprint density at radius 2 is 1.14 bits per heavy atom. The molecule has 0 aliphatic rings. The Balaban J connectivity index is 2.44. The molecule has 148 valence electrons. The molecule has 0 aromatic heterocycles. The van der Waals surface area contributed by atoms with E-state index in [4.69, 9.17) is 0 Å². The Kier molecular flexibility index (Phi) is 4.56. The van der Waals surface area contributed by atoms with Gasteiger partial charge >= 0.3 is 6.36 Å². The summed E-state index contributed by atoms with van der Waals surface area (Å²) < 4.78 is 125. The first-order valence-corrected chi connectivity index (χ1v) is 7.15. The lowest BCUT2D eigenvalue weighted by atomic mass is 9.97. The molecule has 0 radical (unpaired) electrons. The second-order valence-electron chi connectivity index (χ2n) is 5.43. The van der Waals surface area contributed by atoms with E-state index in [0.29, 0.717) is 0 Å². The summed E-state index contributed by atoms with van der Waals surface area (Å²) >= 11 is 0. The first-order chi connectivity index (χ1) is 12.9. The maximum atomic E-state index is 14.7. The van der Waals surface area contributed by atoms with E-state index in [0.717, 1.165) is 24.3 Å². The summed E-state index contributed by atoms with van der Waals surface area (Å²) in [4.78, 5) is 0. The van der Waals surface area contributed by atoms with Gasteiger partial charge in [-0.05, 0) is 17.7 Å². The number of rotatable bonds is 2. The van der Waals surface area contributed by atoms with Crippen LogP contribution >= 0.6 is 0 Å². The molecule has 0 amide bonds. The molecule has 0 heterocycles. The highest BCUT2D eigenvalue weighted by molar-refractivity contribution is 5.91. The largest absolute Gasteiger partial charge is 0.573 e. The van der Waals surface area contributed by atoms with Crippen LogP contribution in [-0.4, -0.2) is 11.5 Å². The van der Waals surface area contributed by atoms with E-state index < -0.39 is 68.9 Å². The lowest BCUT2D eigenvalue weighted by Crippen LogP contribution is -2.20. The molecule has 0 aliphatic carbocycles. The van der Waals surface area contributed by atoms with E-state index >= 15 is 0 Å². The van der Waals surface area contributed by atoms with Gasteiger partial charge in [-0.15, -0.1) is 13.2 Å². The lowest BCUT2D eigenvalue weighted by molar-refractivity contribution is -0.276. The smallest absolute Gasteiger partial charge is 0.508 e. The zero-order valence-electron chi connectivity index (χ0n) is 13.1. The number of phenolic OH excluding ortho intramolecular Hbond substituents is 1. The summed E-state index contributed by atoms with van der Waals surface area (Å²) in [6, 6.07) is 3.67. The van der Waals surface area contributed by atoms with E-state index in [1.807, 2.05) is 0 Å². The average Bonchev–Trinajstić information content (AvgIpc) is 2.60. The Bertz CT molecular complexity index is 1090. The van der Waals surface area contributed by atoms with E-state index in [-0.39, 0.29) is 5.75 Å². The maximum Gasteiger partial charge on any atom is 0.573 e. The molecule has 11 heteroatoms. The summed E-state index contributed by atoms with van der Waals surface area (Å²) in [6.45, 7) is 0. The molecule has 0 bridgehead atoms. The third-order valence-electron chi connectivity index (χ3n) is 3.72. The van der Waals surface area contributed by atoms with Crippen molar-refractivity contribution in [1.29, 1.82) is 0 Å². The number of benzene rings is 3. The van der Waals surface area contributed by atoms with Gasteiger partial charge in [-0.2, -0.15) is 4.39 Å². The second kappa shape index (κ2) is 6.50. The summed E-state index contributed by atoms with van der Waals surface area (Å²) in [5.41, 5.74) is -1.68. The molecule has 2 nitrogen and oxygen atoms in total. The average molecular weight is 412 g/mol. The van der Waals surface area contributed by atoms with E-state index in [9.17, 15) is 44.6 Å². The molecule has 0 saturated heterocycles. The van der Waals surface area contributed by atoms with Crippen molar-refractivity contribution in [1.82, 2.24) is 0 Å². The van der Waals surface area contributed by atoms with Crippen molar-refractivity contribution >= 4 is 10.8 Å². The van der Waals surface area contributed by atoms with Crippen LogP contribution < -0.4 is 4.74 Å². The van der Waals surface area contributed by atoms with Crippen molar-refractivity contribution in [2.24, 2.45) is 0 Å². The molecule has 28 heavy (non-hydrogen) atoms. The van der Waals surface area contributed by atoms with Gasteiger partial charge in [0.1, 0.15) is 11.6 Å². The first-order valence-electron chi connectivity index (χ1n) is 7.15. The molecule has 0 saturated carbocycles. The van der Waals surface area contributed by atoms with Crippen LogP contribution in [0.2, 0.25) is 0 Å². The number of phenols is 1. The van der Waals surface area contributed by atoms with Gasteiger partial charge in [0.2, 0.25) is 11.6 Å². The molecular formula is C17H5F9O2. The first kappa shape index (κ1) is 19.6. The number of halogens is 9. The minimum Gasteiger partial charge on any atom is -0.508 e. The van der Waals surface area contributed by atoms with Crippen LogP contribution in [0.25, 0.3) is 21.9 Å². The number of hydrogen-bond donors (Lipinski definition) is 1. The monoisotopic (exact) mass is 412 g/mol. The molecule has 0 aliphatic heterocycles. The summed E-state index contributed by atoms with van der Waals surface area (Å²) in [7, 11) is 0. The van der Waals surface area contributed by atoms with Crippen molar-refractivity contribution in [3.8, 4) is 22.6 Å². The highest BCUT2D eigenvalue weighted by atomic mass is 19.4. The molecule has 0 spiro atoms. The lowest BCUT2D eigenvalue weighted by Gasteiger charge is -2.16. The number of aromatic hydroxyl groups is 1. The SMILES string of the molecule is Oc1ccc(-c2c(F)c(F)c3c(F)c(OC(F)(F)F)c(F)c(F)c3c2F)cc1. The van der Waals surface area contributed by atoms with E-state index in [1.165, 1.54) is 0 Å². The van der Waals surface area contributed by atoms with Crippen LogP contribution in [0.4, 0.5) is 39.5 Å². The van der Waals surface area contributed by atoms with Gasteiger partial charge in [-0.3, -0.25) is 0 Å². The predicted octanol–water partition coefficient (Wildman–Crippen LogP) is 5.95. The maximum absolute atomic E-state index is 14.7. The van der Waals surface area contributed by atoms with Crippen LogP contribution in [0.3, 0.4) is 0 Å². The fourth-order valence-corrected chi connectivity index (χ4v) is 2.58. The van der Waals surface area contributed by atoms with E-state index in [2.05, 4.69) is 4.74 Å². The van der Waals surface area contributed by atoms with Crippen molar-refractivity contribution in [3.63, 3.8) is 0 Å². The Hall–Kier alpha value is -3.11. The molecule has 0 unspecified atom stereocenters. The van der Waals surface area contributed by atoms with Gasteiger partial charge in [-0.1, -0.05) is 12.1 Å². The minimum absolute atomic E-state index is 0.344. The number of alkyl halides is 3. The van der Waals surface area contributed by atoms with Crippen molar-refractivity contribution < 1.29 is 49.4 Å². The van der Waals surface area contributed by atoms with Crippen LogP contribution in [0.1, 0.15) is 0 Å². The molecular weight excluding hydrogens is 407 g/mol. The Morgan fingerprint density at radius 3 is 1.68 bits per heavy atom. The zero-order chi connectivity index (χ0) is 21.0. The molecule has 3 aromatic rings. The van der Waals surface area contributed by atoms with Crippen molar-refractivity contribution in [2.45, 2.75) is 6.36 Å². The third-order valence-corrected chi connectivity index (χ3v) is 3.72. The fraction of sp³-hybridized carbons (Fsp3) is 0.0588. The summed E-state index contributed by atoms with van der Waals surface area (Å²) in [6.07, 6.45) is -5.69. The van der Waals surface area contributed by atoms with Gasteiger partial charge in [0.15, 0.2) is 23.3 Å². The van der Waals surface area contributed by atoms with Crippen LogP contribution in [0, 0.1) is 34.9 Å². The fourth-order valence-electron chi connectivity index (χ4n) is 2.58.